The summed E-state index contributed by atoms with van der Waals surface area (Å²) in [6, 6.07) is -0.615. The van der Waals surface area contributed by atoms with Crippen molar-refractivity contribution >= 4 is 17.9 Å². The first-order valence-corrected chi connectivity index (χ1v) is 24.0. The van der Waals surface area contributed by atoms with Crippen LogP contribution >= 0.6 is 0 Å². The summed E-state index contributed by atoms with van der Waals surface area (Å²) in [6.45, 7) is 4.63. The van der Waals surface area contributed by atoms with Crippen LogP contribution in [0.15, 0.2) is 36.5 Å². The van der Waals surface area contributed by atoms with Gasteiger partial charge in [0.2, 0.25) is 0 Å². The second kappa shape index (κ2) is 41.3. The van der Waals surface area contributed by atoms with Gasteiger partial charge in [-0.2, -0.15) is 0 Å². The van der Waals surface area contributed by atoms with Gasteiger partial charge in [0.25, 0.3) is 0 Å². The summed E-state index contributed by atoms with van der Waals surface area (Å²) in [5.74, 6) is -1.48. The number of carbonyl (C=O) groups excluding carboxylic acids is 2. The summed E-state index contributed by atoms with van der Waals surface area (Å²) in [5.41, 5.74) is 0. The second-order valence-electron chi connectivity index (χ2n) is 17.3. The minimum absolute atomic E-state index is 0.0549. The Balaban J connectivity index is 4.22. The van der Waals surface area contributed by atoms with Crippen LogP contribution in [0, 0.1) is 0 Å². The molecule has 8 nitrogen and oxygen atoms in total. The van der Waals surface area contributed by atoms with E-state index in [4.69, 9.17) is 14.2 Å². The SMILES string of the molecule is CC/C=C/C/C=C/CCCCCCCCCCCCCCCCC(=O)OCC(COCCC(C(=O)O)[N+](C)(C)C)OC(=O)CCCCC/C=C/CCCCCCCC. The summed E-state index contributed by atoms with van der Waals surface area (Å²) in [5, 5.41) is 9.63. The number of aliphatic carboxylic acids is 1. The van der Waals surface area contributed by atoms with Crippen LogP contribution in [-0.2, 0) is 28.6 Å². The summed E-state index contributed by atoms with van der Waals surface area (Å²) in [6.07, 6.45) is 47.7. The number of carboxylic acids is 1. The maximum Gasteiger partial charge on any atom is 0.362 e. The Morgan fingerprint density at radius 3 is 1.45 bits per heavy atom. The van der Waals surface area contributed by atoms with E-state index < -0.39 is 18.1 Å². The van der Waals surface area contributed by atoms with Crippen LogP contribution in [0.2, 0.25) is 0 Å². The molecule has 0 amide bonds. The number of unbranched alkanes of at least 4 members (excludes halogenated alkanes) is 23. The van der Waals surface area contributed by atoms with Crippen molar-refractivity contribution in [3.63, 3.8) is 0 Å². The number of ether oxygens (including phenoxy) is 3. The van der Waals surface area contributed by atoms with Crippen molar-refractivity contribution < 1.29 is 38.2 Å². The molecule has 0 aromatic carbocycles. The molecule has 0 aliphatic carbocycles. The van der Waals surface area contributed by atoms with Gasteiger partial charge in [-0.3, -0.25) is 9.59 Å². The molecule has 0 radical (unpaired) electrons. The zero-order chi connectivity index (χ0) is 42.8. The number of allylic oxidation sites excluding steroid dienone is 6. The van der Waals surface area contributed by atoms with Crippen LogP contribution in [0.1, 0.15) is 213 Å². The van der Waals surface area contributed by atoms with E-state index in [0.717, 1.165) is 64.2 Å². The zero-order valence-electron chi connectivity index (χ0n) is 38.5. The quantitative estimate of drug-likeness (QED) is 0.0283. The number of esters is 2. The topological polar surface area (TPSA) is 99.1 Å². The molecule has 2 unspecified atom stereocenters. The van der Waals surface area contributed by atoms with Gasteiger partial charge in [-0.1, -0.05) is 166 Å². The molecule has 0 spiro atoms. The largest absolute Gasteiger partial charge is 0.477 e. The number of likely N-dealkylation sites (N-methyl/N-ethyl adjacent to an activating group) is 1. The van der Waals surface area contributed by atoms with Crippen LogP contribution in [-0.4, -0.2) is 80.6 Å². The summed E-state index contributed by atoms with van der Waals surface area (Å²) >= 11 is 0. The van der Waals surface area contributed by atoms with E-state index in [2.05, 4.69) is 50.3 Å². The summed E-state index contributed by atoms with van der Waals surface area (Å²) in [7, 11) is 5.53. The lowest BCUT2D eigenvalue weighted by Gasteiger charge is -2.31. The average molecular weight is 819 g/mol. The first-order valence-electron chi connectivity index (χ1n) is 24.0. The van der Waals surface area contributed by atoms with E-state index in [-0.39, 0.29) is 36.2 Å². The molecule has 0 aromatic rings. The number of hydrogen-bond acceptors (Lipinski definition) is 6. The maximum atomic E-state index is 12.7. The van der Waals surface area contributed by atoms with Gasteiger partial charge in [-0.15, -0.1) is 0 Å². The molecular formula is C50H92NO7+. The highest BCUT2D eigenvalue weighted by Gasteiger charge is 2.31. The van der Waals surface area contributed by atoms with E-state index in [0.29, 0.717) is 19.3 Å². The van der Waals surface area contributed by atoms with Gasteiger partial charge in [0, 0.05) is 19.3 Å². The van der Waals surface area contributed by atoms with E-state index in [1.165, 1.54) is 116 Å². The number of nitrogens with zero attached hydrogens (tertiary/aromatic N) is 1. The van der Waals surface area contributed by atoms with E-state index in [1.807, 2.05) is 21.1 Å². The molecule has 0 fully saturated rings. The van der Waals surface area contributed by atoms with Crippen LogP contribution < -0.4 is 0 Å². The highest BCUT2D eigenvalue weighted by Crippen LogP contribution is 2.15. The standard InChI is InChI=1S/C50H91NO7/c1-6-8-10-12-14-16-18-20-21-22-23-24-25-26-27-29-30-32-34-36-38-40-48(52)57-45-46(44-56-43-42-47(50(54)55)51(3,4)5)58-49(53)41-39-37-35-33-31-28-19-17-15-13-11-9-7-2/h8,10,14,16,28,31,46-47H,6-7,9,11-13,15,17-27,29-30,32-45H2,1-5H3/p+1/b10-8+,16-14+,31-28+. The van der Waals surface area contributed by atoms with Gasteiger partial charge < -0.3 is 23.8 Å². The van der Waals surface area contributed by atoms with Gasteiger partial charge in [-0.05, 0) is 64.2 Å². The van der Waals surface area contributed by atoms with Gasteiger partial charge in [0.1, 0.15) is 6.61 Å². The predicted molar refractivity (Wildman–Crippen MR) is 243 cm³/mol. The molecule has 58 heavy (non-hydrogen) atoms. The van der Waals surface area contributed by atoms with Crippen molar-refractivity contribution in [3.8, 4) is 0 Å². The molecular weight excluding hydrogens is 727 g/mol. The Bertz CT molecular complexity index is 1050. The Morgan fingerprint density at radius 1 is 0.534 bits per heavy atom. The second-order valence-corrected chi connectivity index (χ2v) is 17.3. The van der Waals surface area contributed by atoms with E-state index in [1.54, 1.807) is 0 Å². The molecule has 0 aromatic heterocycles. The first kappa shape index (κ1) is 55.5. The van der Waals surface area contributed by atoms with Crippen molar-refractivity contribution in [2.45, 2.75) is 225 Å². The zero-order valence-corrected chi connectivity index (χ0v) is 38.5. The minimum atomic E-state index is -0.876. The Kier molecular flexibility index (Phi) is 39.5. The summed E-state index contributed by atoms with van der Waals surface area (Å²) < 4.78 is 17.3. The lowest BCUT2D eigenvalue weighted by atomic mass is 10.0. The van der Waals surface area contributed by atoms with E-state index >= 15 is 0 Å². The number of carbonyl (C=O) groups is 3. The Labute approximate surface area is 357 Å². The van der Waals surface area contributed by atoms with Crippen LogP contribution in [0.4, 0.5) is 0 Å². The Hall–Kier alpha value is -2.45. The van der Waals surface area contributed by atoms with Crippen molar-refractivity contribution in [3.05, 3.63) is 36.5 Å². The molecule has 8 heteroatoms. The number of hydrogen-bond donors (Lipinski definition) is 1. The first-order chi connectivity index (χ1) is 28.1. The third-order valence-corrected chi connectivity index (χ3v) is 10.8. The van der Waals surface area contributed by atoms with Gasteiger partial charge in [-0.25, -0.2) is 4.79 Å². The maximum absolute atomic E-state index is 12.7. The van der Waals surface area contributed by atoms with Crippen molar-refractivity contribution in [1.29, 1.82) is 0 Å². The number of carboxylic acid groups (broad SMARTS) is 1. The molecule has 2 atom stereocenters. The van der Waals surface area contributed by atoms with Gasteiger partial charge >= 0.3 is 17.9 Å². The lowest BCUT2D eigenvalue weighted by Crippen LogP contribution is -2.50. The van der Waals surface area contributed by atoms with Crippen LogP contribution in [0.25, 0.3) is 0 Å². The molecule has 0 aliphatic rings. The highest BCUT2D eigenvalue weighted by molar-refractivity contribution is 5.72. The number of rotatable bonds is 43. The van der Waals surface area contributed by atoms with Gasteiger partial charge in [0.15, 0.2) is 12.1 Å². The molecule has 0 saturated carbocycles. The molecule has 0 aliphatic heterocycles. The molecule has 0 rings (SSSR count). The van der Waals surface area contributed by atoms with Crippen LogP contribution in [0.3, 0.4) is 0 Å². The minimum Gasteiger partial charge on any atom is -0.477 e. The van der Waals surface area contributed by atoms with Crippen molar-refractivity contribution in [1.82, 2.24) is 0 Å². The third kappa shape index (κ3) is 39.0. The lowest BCUT2D eigenvalue weighted by molar-refractivity contribution is -0.887. The normalized spacial score (nSPS) is 13.2. The fourth-order valence-corrected chi connectivity index (χ4v) is 7.07. The molecule has 0 saturated heterocycles. The molecule has 0 heterocycles. The van der Waals surface area contributed by atoms with Crippen molar-refractivity contribution in [2.24, 2.45) is 0 Å². The fraction of sp³-hybridized carbons (Fsp3) is 0.820. The Morgan fingerprint density at radius 2 is 0.966 bits per heavy atom. The molecule has 338 valence electrons. The molecule has 1 N–H and O–H groups in total. The molecule has 0 bridgehead atoms. The number of quaternary nitrogens is 1. The monoisotopic (exact) mass is 819 g/mol. The third-order valence-electron chi connectivity index (χ3n) is 10.8. The smallest absolute Gasteiger partial charge is 0.362 e. The average Bonchev–Trinajstić information content (AvgIpc) is 3.18. The van der Waals surface area contributed by atoms with E-state index in [9.17, 15) is 19.5 Å². The van der Waals surface area contributed by atoms with Gasteiger partial charge in [0.05, 0.1) is 34.4 Å². The summed E-state index contributed by atoms with van der Waals surface area (Å²) in [4.78, 5) is 37.0. The van der Waals surface area contributed by atoms with Crippen molar-refractivity contribution in [2.75, 3.05) is 41.0 Å². The predicted octanol–water partition coefficient (Wildman–Crippen LogP) is 13.4. The van der Waals surface area contributed by atoms with Crippen LogP contribution in [0.5, 0.6) is 0 Å². The highest BCUT2D eigenvalue weighted by atomic mass is 16.6. The fourth-order valence-electron chi connectivity index (χ4n) is 7.07.